The number of carbonyl (C=O) groups is 4. The molecule has 83 heavy (non-hydrogen) atoms. The fourth-order valence-corrected chi connectivity index (χ4v) is 11.2. The van der Waals surface area contributed by atoms with Crippen molar-refractivity contribution in [2.45, 2.75) is 130 Å². The van der Waals surface area contributed by atoms with Crippen LogP contribution in [0, 0.1) is 21.4 Å². The van der Waals surface area contributed by atoms with E-state index in [1.807, 2.05) is 12.1 Å². The van der Waals surface area contributed by atoms with Crippen molar-refractivity contribution in [3.63, 3.8) is 0 Å². The summed E-state index contributed by atoms with van der Waals surface area (Å²) in [7, 11) is -4.81. The van der Waals surface area contributed by atoms with Crippen molar-refractivity contribution >= 4 is 85.2 Å². The number of anilines is 3. The molecule has 21 nitrogen and oxygen atoms in total. The largest absolute Gasteiger partial charge is 0.456 e. The molecule has 0 unspecified atom stereocenters. The number of rotatable bonds is 14. The van der Waals surface area contributed by atoms with Gasteiger partial charge >= 0.3 is 18.3 Å². The van der Waals surface area contributed by atoms with E-state index in [1.54, 1.807) is 74.4 Å². The van der Waals surface area contributed by atoms with Gasteiger partial charge in [0.2, 0.25) is 0 Å². The molecule has 23 heteroatoms. The van der Waals surface area contributed by atoms with E-state index >= 15 is 0 Å². The Morgan fingerprint density at radius 3 is 2.08 bits per heavy atom. The maximum Gasteiger partial charge on any atom is 0.435 e. The summed E-state index contributed by atoms with van der Waals surface area (Å²) in [6.45, 7) is 23.9. The fourth-order valence-electron chi connectivity index (χ4n) is 10.1. The number of halogens is 1. The highest BCUT2D eigenvalue weighted by molar-refractivity contribution is 7.90. The summed E-state index contributed by atoms with van der Waals surface area (Å²) >= 11 is 6.30. The normalized spacial score (nSPS) is 16.5. The van der Waals surface area contributed by atoms with E-state index in [2.05, 4.69) is 50.9 Å². The van der Waals surface area contributed by atoms with Gasteiger partial charge in [0.1, 0.15) is 34.0 Å². The molecule has 0 atom stereocenters. The van der Waals surface area contributed by atoms with E-state index in [-0.39, 0.29) is 45.0 Å². The smallest absolute Gasteiger partial charge is 0.435 e. The second-order valence-electron chi connectivity index (χ2n) is 24.9. The molecule has 2 N–H and O–H groups in total. The van der Waals surface area contributed by atoms with Crippen molar-refractivity contribution in [3.05, 3.63) is 111 Å². The molecule has 0 radical (unpaired) electrons. The molecule has 2 aliphatic heterocycles. The molecule has 446 valence electrons. The SMILES string of the molecule is CC1(C)CCC(CN2CCN(c3ccc(C(=O)NS(=O)(=O)c4ccc(NCC5CCOCC5)c([N+](=O)[O-])c4)c(Oc4cccc5c4c(N(C(=O)OC(C)(C)C)C(=O)OC(C)(C)C)nn5C(=O)OC(C)(C)C)c3)CC2)=C(c2ccc(Cl)cc2)C1. The van der Waals surface area contributed by atoms with Gasteiger partial charge in [-0.2, -0.15) is 9.58 Å². The summed E-state index contributed by atoms with van der Waals surface area (Å²) < 4.78 is 60.7. The minimum Gasteiger partial charge on any atom is -0.456 e. The first-order valence-electron chi connectivity index (χ1n) is 27.8. The summed E-state index contributed by atoms with van der Waals surface area (Å²) in [6.07, 6.45) is 1.06. The maximum absolute atomic E-state index is 14.7. The number of imide groups is 1. The number of hydrogen-bond acceptors (Lipinski definition) is 17. The van der Waals surface area contributed by atoms with Gasteiger partial charge in [-0.3, -0.25) is 19.8 Å². The van der Waals surface area contributed by atoms with Crippen molar-refractivity contribution < 1.29 is 56.2 Å². The molecule has 4 aromatic carbocycles. The number of hydrogen-bond donors (Lipinski definition) is 2. The lowest BCUT2D eigenvalue weighted by Crippen LogP contribution is -2.47. The molecular weight excluding hydrogens is 1110 g/mol. The van der Waals surface area contributed by atoms with E-state index < -0.39 is 72.3 Å². The number of nitro benzene ring substituents is 1. The topological polar surface area (TPSA) is 243 Å². The third-order valence-corrected chi connectivity index (χ3v) is 15.7. The Hall–Kier alpha value is -7.27. The highest BCUT2D eigenvalue weighted by atomic mass is 35.5. The van der Waals surface area contributed by atoms with Crippen LogP contribution >= 0.6 is 11.6 Å². The summed E-state index contributed by atoms with van der Waals surface area (Å²) in [5.41, 5.74) is 0.591. The number of amides is 3. The van der Waals surface area contributed by atoms with E-state index in [0.717, 1.165) is 55.0 Å². The first kappa shape index (κ1) is 61.8. The van der Waals surface area contributed by atoms with E-state index in [9.17, 15) is 37.7 Å². The van der Waals surface area contributed by atoms with Crippen LogP contribution in [0.1, 0.15) is 124 Å². The Labute approximate surface area is 489 Å². The van der Waals surface area contributed by atoms with Crippen molar-refractivity contribution in [1.82, 2.24) is 19.4 Å². The number of ether oxygens (including phenoxy) is 5. The van der Waals surface area contributed by atoms with Crippen LogP contribution in [-0.2, 0) is 29.0 Å². The second kappa shape index (κ2) is 24.5. The molecular formula is C60H75ClN8O13S. The average Bonchev–Trinajstić information content (AvgIpc) is 2.22. The summed E-state index contributed by atoms with van der Waals surface area (Å²) in [6, 6.07) is 20.4. The Kier molecular flexibility index (Phi) is 18.3. The van der Waals surface area contributed by atoms with E-state index in [1.165, 1.54) is 47.5 Å². The number of aromatic nitrogens is 2. The van der Waals surface area contributed by atoms with Gasteiger partial charge in [0.25, 0.3) is 21.6 Å². The van der Waals surface area contributed by atoms with Crippen LogP contribution in [0.2, 0.25) is 5.02 Å². The Morgan fingerprint density at radius 2 is 1.47 bits per heavy atom. The van der Waals surface area contributed by atoms with Crippen LogP contribution in [0.15, 0.2) is 89.3 Å². The van der Waals surface area contributed by atoms with Gasteiger partial charge in [0.15, 0.2) is 5.82 Å². The number of carbonyl (C=O) groups excluding carboxylic acids is 4. The molecule has 3 aliphatic rings. The van der Waals surface area contributed by atoms with Crippen LogP contribution in [-0.4, -0.2) is 121 Å². The lowest BCUT2D eigenvalue weighted by molar-refractivity contribution is -0.384. The molecule has 2 fully saturated rings. The number of allylic oxidation sites excluding steroid dienone is 1. The molecule has 0 saturated carbocycles. The molecule has 3 amide bonds. The minimum atomic E-state index is -4.81. The number of nitrogens with one attached hydrogen (secondary N) is 2. The second-order valence-corrected chi connectivity index (χ2v) is 27.1. The minimum absolute atomic E-state index is 0.00660. The van der Waals surface area contributed by atoms with Crippen molar-refractivity contribution in [2.75, 3.05) is 67.6 Å². The highest BCUT2D eigenvalue weighted by Gasteiger charge is 2.39. The first-order valence-corrected chi connectivity index (χ1v) is 29.6. The summed E-state index contributed by atoms with van der Waals surface area (Å²) in [4.78, 5) is 73.4. The first-order chi connectivity index (χ1) is 38.8. The molecule has 3 heterocycles. The number of benzene rings is 4. The van der Waals surface area contributed by atoms with Gasteiger partial charge in [-0.05, 0) is 165 Å². The quantitative estimate of drug-likeness (QED) is 0.0596. The van der Waals surface area contributed by atoms with Crippen LogP contribution in [0.5, 0.6) is 11.5 Å². The zero-order valence-corrected chi connectivity index (χ0v) is 50.6. The third kappa shape index (κ3) is 15.7. The lowest BCUT2D eigenvalue weighted by atomic mass is 9.72. The van der Waals surface area contributed by atoms with Crippen LogP contribution in [0.4, 0.5) is 37.3 Å². The van der Waals surface area contributed by atoms with Crippen LogP contribution < -0.4 is 24.6 Å². The molecule has 8 rings (SSSR count). The molecule has 0 bridgehead atoms. The summed E-state index contributed by atoms with van der Waals surface area (Å²) in [5.74, 6) is -1.78. The van der Waals surface area contributed by atoms with Gasteiger partial charge in [-0.1, -0.05) is 49.2 Å². The summed E-state index contributed by atoms with van der Waals surface area (Å²) in [5, 5.41) is 20.5. The number of sulfonamides is 1. The highest BCUT2D eigenvalue weighted by Crippen LogP contribution is 2.44. The third-order valence-electron chi connectivity index (χ3n) is 14.2. The average molecular weight is 1180 g/mol. The van der Waals surface area contributed by atoms with Gasteiger partial charge in [-0.15, -0.1) is 5.10 Å². The number of fused-ring (bicyclic) bond motifs is 1. The number of nitro groups is 1. The molecule has 1 aromatic heterocycles. The standard InChI is InChI=1S/C60H75ClN8O13S/c1-57(2,3)80-54(71)67(55(72)81-58(4,5)6)52-51-47(68(63-52)56(73)82-59(7,8)9)13-12-14-49(51)79-50-33-42(66-29-27-65(28-30-66)37-40-23-26-60(10,11)35-45(40)39-15-17-41(61)18-16-39)19-21-44(50)53(70)64-83(76,77)43-20-22-46(48(34-43)69(74)75)62-36-38-24-31-78-32-25-38/h12-22,33-34,38,62H,23-32,35-37H2,1-11H3,(H,64,70). The van der Waals surface area contributed by atoms with Crippen molar-refractivity contribution in [3.8, 4) is 11.5 Å². The Balaban J connectivity index is 1.19. The number of piperazine rings is 1. The Morgan fingerprint density at radius 1 is 0.831 bits per heavy atom. The maximum atomic E-state index is 14.7. The van der Waals surface area contributed by atoms with Gasteiger partial charge in [0, 0.05) is 75.3 Å². The van der Waals surface area contributed by atoms with Crippen molar-refractivity contribution in [1.29, 1.82) is 0 Å². The van der Waals surface area contributed by atoms with Gasteiger partial charge in [0.05, 0.1) is 26.3 Å². The number of nitrogens with zero attached hydrogens (tertiary/aromatic N) is 6. The monoisotopic (exact) mass is 1180 g/mol. The molecule has 1 aliphatic carbocycles. The molecule has 5 aromatic rings. The van der Waals surface area contributed by atoms with E-state index in [0.29, 0.717) is 61.5 Å². The predicted molar refractivity (Wildman–Crippen MR) is 317 cm³/mol. The van der Waals surface area contributed by atoms with Gasteiger partial charge in [-0.25, -0.2) is 27.5 Å². The van der Waals surface area contributed by atoms with E-state index in [4.69, 9.17) is 35.3 Å². The van der Waals surface area contributed by atoms with Crippen LogP contribution in [0.3, 0.4) is 0 Å². The predicted octanol–water partition coefficient (Wildman–Crippen LogP) is 12.6. The molecule has 2 saturated heterocycles. The lowest BCUT2D eigenvalue weighted by Gasteiger charge is -2.39. The fraction of sp³-hybridized carbons (Fsp3) is 0.483. The van der Waals surface area contributed by atoms with Gasteiger partial charge < -0.3 is 33.9 Å². The Bertz CT molecular complexity index is 3390. The zero-order valence-electron chi connectivity index (χ0n) is 49.1. The molecule has 0 spiro atoms. The van der Waals surface area contributed by atoms with Crippen LogP contribution in [0.25, 0.3) is 16.5 Å². The zero-order chi connectivity index (χ0) is 60.4. The van der Waals surface area contributed by atoms with Crippen molar-refractivity contribution in [2.24, 2.45) is 11.3 Å².